The van der Waals surface area contributed by atoms with Gasteiger partial charge in [-0.3, -0.25) is 4.79 Å². The lowest BCUT2D eigenvalue weighted by atomic mass is 10.1. The summed E-state index contributed by atoms with van der Waals surface area (Å²) in [6.45, 7) is 4.09. The van der Waals surface area contributed by atoms with Crippen molar-refractivity contribution in [2.24, 2.45) is 0 Å². The second-order valence-corrected chi connectivity index (χ2v) is 7.80. The number of amides is 1. The average molecular weight is 438 g/mol. The maximum Gasteiger partial charge on any atom is 0.257 e. The van der Waals surface area contributed by atoms with E-state index in [1.54, 1.807) is 37.4 Å². The first-order valence-electron chi connectivity index (χ1n) is 9.11. The van der Waals surface area contributed by atoms with Crippen molar-refractivity contribution in [3.8, 4) is 11.8 Å². The molecule has 0 radical (unpaired) electrons. The van der Waals surface area contributed by atoms with Gasteiger partial charge >= 0.3 is 0 Å². The third-order valence-corrected chi connectivity index (χ3v) is 5.78. The van der Waals surface area contributed by atoms with Gasteiger partial charge in [0, 0.05) is 5.69 Å². The maximum atomic E-state index is 12.7. The molecule has 30 heavy (non-hydrogen) atoms. The van der Waals surface area contributed by atoms with Crippen molar-refractivity contribution in [1.82, 2.24) is 0 Å². The predicted molar refractivity (Wildman–Crippen MR) is 123 cm³/mol. The van der Waals surface area contributed by atoms with Crippen LogP contribution in [0.5, 0.6) is 5.75 Å². The lowest BCUT2D eigenvalue weighted by Gasteiger charge is -2.15. The number of nitriles is 1. The second kappa shape index (κ2) is 9.57. The molecule has 5 nitrogen and oxygen atoms in total. The molecule has 0 fully saturated rings. The van der Waals surface area contributed by atoms with Gasteiger partial charge in [0.05, 0.1) is 33.8 Å². The number of halogens is 1. The molecule has 0 aliphatic heterocycles. The molecule has 0 spiro atoms. The number of benzene rings is 3. The summed E-state index contributed by atoms with van der Waals surface area (Å²) in [7, 11) is 1.60. The van der Waals surface area contributed by atoms with Crippen molar-refractivity contribution in [3.63, 3.8) is 0 Å². The molecule has 0 aromatic heterocycles. The first kappa shape index (κ1) is 21.6. The standard InChI is InChI=1S/C23H20ClN3O2S/c1-14-6-4-7-15(2)22(14)27-30-20-12-17(10-11-19(20)29-3)26-23(28)18-9-5-8-16(13-25)21(18)24/h4-12,27H,1-3H3,(H,26,28). The average Bonchev–Trinajstić information content (AvgIpc) is 2.73. The fourth-order valence-corrected chi connectivity index (χ4v) is 4.13. The minimum Gasteiger partial charge on any atom is -0.496 e. The van der Waals surface area contributed by atoms with E-state index in [0.29, 0.717) is 11.4 Å². The molecule has 3 aromatic carbocycles. The number of nitrogens with zero attached hydrogens (tertiary/aromatic N) is 1. The zero-order chi connectivity index (χ0) is 21.7. The monoisotopic (exact) mass is 437 g/mol. The summed E-state index contributed by atoms with van der Waals surface area (Å²) >= 11 is 7.58. The Bertz CT molecular complexity index is 1120. The van der Waals surface area contributed by atoms with E-state index in [0.717, 1.165) is 21.7 Å². The summed E-state index contributed by atoms with van der Waals surface area (Å²) in [5, 5.41) is 12.1. The molecule has 0 aliphatic carbocycles. The third kappa shape index (κ3) is 4.70. The highest BCUT2D eigenvalue weighted by Gasteiger charge is 2.15. The molecule has 3 aromatic rings. The van der Waals surface area contributed by atoms with Gasteiger partial charge in [0.15, 0.2) is 0 Å². The highest BCUT2D eigenvalue weighted by molar-refractivity contribution is 8.00. The van der Waals surface area contributed by atoms with Crippen LogP contribution in [0.2, 0.25) is 5.02 Å². The number of rotatable bonds is 6. The summed E-state index contributed by atoms with van der Waals surface area (Å²) in [6, 6.07) is 18.2. The van der Waals surface area contributed by atoms with Crippen molar-refractivity contribution >= 4 is 40.8 Å². The van der Waals surface area contributed by atoms with Crippen LogP contribution in [-0.2, 0) is 0 Å². The third-order valence-electron chi connectivity index (χ3n) is 4.53. The molecule has 1 amide bonds. The van der Waals surface area contributed by atoms with Crippen molar-refractivity contribution in [1.29, 1.82) is 5.26 Å². The SMILES string of the molecule is COc1ccc(NC(=O)c2cccc(C#N)c2Cl)cc1SNc1c(C)cccc1C. The highest BCUT2D eigenvalue weighted by Crippen LogP contribution is 2.34. The lowest BCUT2D eigenvalue weighted by Crippen LogP contribution is -2.13. The van der Waals surface area contributed by atoms with Gasteiger partial charge in [-0.2, -0.15) is 5.26 Å². The van der Waals surface area contributed by atoms with Gasteiger partial charge in [-0.15, -0.1) is 0 Å². The number of methoxy groups -OCH3 is 1. The van der Waals surface area contributed by atoms with Gasteiger partial charge < -0.3 is 14.8 Å². The Labute approximate surface area is 185 Å². The zero-order valence-corrected chi connectivity index (χ0v) is 18.3. The number of anilines is 2. The topological polar surface area (TPSA) is 74.1 Å². The van der Waals surface area contributed by atoms with E-state index in [-0.39, 0.29) is 22.1 Å². The maximum absolute atomic E-state index is 12.7. The lowest BCUT2D eigenvalue weighted by molar-refractivity contribution is 0.102. The van der Waals surface area contributed by atoms with E-state index < -0.39 is 0 Å². The number of hydrogen-bond donors (Lipinski definition) is 2. The molecule has 2 N–H and O–H groups in total. The summed E-state index contributed by atoms with van der Waals surface area (Å²) in [5.74, 6) is 0.294. The van der Waals surface area contributed by atoms with Gasteiger partial charge in [-0.25, -0.2) is 0 Å². The quantitative estimate of drug-likeness (QED) is 0.448. The molecule has 0 unspecified atom stereocenters. The van der Waals surface area contributed by atoms with Crippen LogP contribution in [0.1, 0.15) is 27.0 Å². The second-order valence-electron chi connectivity index (χ2n) is 6.57. The van der Waals surface area contributed by atoms with Crippen LogP contribution in [0.25, 0.3) is 0 Å². The van der Waals surface area contributed by atoms with Crippen LogP contribution >= 0.6 is 23.5 Å². The zero-order valence-electron chi connectivity index (χ0n) is 16.7. The minimum absolute atomic E-state index is 0.136. The molecule has 0 saturated heterocycles. The van der Waals surface area contributed by atoms with E-state index in [1.165, 1.54) is 11.9 Å². The van der Waals surface area contributed by atoms with Crippen molar-refractivity contribution in [2.75, 3.05) is 17.1 Å². The molecule has 3 rings (SSSR count). The smallest absolute Gasteiger partial charge is 0.257 e. The van der Waals surface area contributed by atoms with Crippen molar-refractivity contribution < 1.29 is 9.53 Å². The molecule has 0 heterocycles. The van der Waals surface area contributed by atoms with Gasteiger partial charge in [0.1, 0.15) is 11.8 Å². The van der Waals surface area contributed by atoms with Crippen LogP contribution in [-0.4, -0.2) is 13.0 Å². The number of hydrogen-bond acceptors (Lipinski definition) is 5. The number of aryl methyl sites for hydroxylation is 2. The molecule has 0 bridgehead atoms. The molecule has 0 atom stereocenters. The van der Waals surface area contributed by atoms with Gasteiger partial charge in [0.2, 0.25) is 0 Å². The minimum atomic E-state index is -0.388. The molecule has 0 saturated carbocycles. The Morgan fingerprint density at radius 1 is 1.10 bits per heavy atom. The normalized spacial score (nSPS) is 10.2. The number of carbonyl (C=O) groups excluding carboxylic acids is 1. The summed E-state index contributed by atoms with van der Waals surface area (Å²) in [5.41, 5.74) is 4.41. The van der Waals surface area contributed by atoms with E-state index >= 15 is 0 Å². The first-order valence-corrected chi connectivity index (χ1v) is 10.3. The van der Waals surface area contributed by atoms with Crippen LogP contribution in [0, 0.1) is 25.2 Å². The van der Waals surface area contributed by atoms with Crippen LogP contribution in [0.4, 0.5) is 11.4 Å². The fourth-order valence-electron chi connectivity index (χ4n) is 2.91. The molecular weight excluding hydrogens is 418 g/mol. The number of para-hydroxylation sites is 1. The Balaban J connectivity index is 1.82. The van der Waals surface area contributed by atoms with E-state index in [2.05, 4.69) is 10.0 Å². The molecule has 7 heteroatoms. The summed E-state index contributed by atoms with van der Waals surface area (Å²) in [6.07, 6.45) is 0. The van der Waals surface area contributed by atoms with Crippen molar-refractivity contribution in [3.05, 3.63) is 81.9 Å². The largest absolute Gasteiger partial charge is 0.496 e. The molecule has 0 aliphatic rings. The molecular formula is C23H20ClN3O2S. The summed E-state index contributed by atoms with van der Waals surface area (Å²) in [4.78, 5) is 13.5. The summed E-state index contributed by atoms with van der Waals surface area (Å²) < 4.78 is 8.83. The Hall–Kier alpha value is -3.14. The van der Waals surface area contributed by atoms with Gasteiger partial charge in [-0.1, -0.05) is 35.9 Å². The fraction of sp³-hybridized carbons (Fsp3) is 0.130. The predicted octanol–water partition coefficient (Wildman–Crippen LogP) is 6.21. The number of carbonyl (C=O) groups is 1. The van der Waals surface area contributed by atoms with Crippen molar-refractivity contribution in [2.45, 2.75) is 18.7 Å². The van der Waals surface area contributed by atoms with E-state index in [4.69, 9.17) is 21.6 Å². The van der Waals surface area contributed by atoms with Gasteiger partial charge in [0.25, 0.3) is 5.91 Å². The number of ether oxygens (including phenoxy) is 1. The Morgan fingerprint density at radius 3 is 2.47 bits per heavy atom. The van der Waals surface area contributed by atoms with Crippen LogP contribution in [0.15, 0.2) is 59.5 Å². The first-order chi connectivity index (χ1) is 14.4. The number of nitrogens with one attached hydrogen (secondary N) is 2. The van der Waals surface area contributed by atoms with Crippen LogP contribution < -0.4 is 14.8 Å². The van der Waals surface area contributed by atoms with E-state index in [1.807, 2.05) is 44.2 Å². The Kier molecular flexibility index (Phi) is 6.88. The molecule has 152 valence electrons. The van der Waals surface area contributed by atoms with Crippen LogP contribution in [0.3, 0.4) is 0 Å². The Morgan fingerprint density at radius 2 is 1.80 bits per heavy atom. The van der Waals surface area contributed by atoms with Gasteiger partial charge in [-0.05, 0) is 67.3 Å². The van der Waals surface area contributed by atoms with E-state index in [9.17, 15) is 4.79 Å². The highest BCUT2D eigenvalue weighted by atomic mass is 35.5.